The van der Waals surface area contributed by atoms with Gasteiger partial charge in [0.1, 0.15) is 5.75 Å². The van der Waals surface area contributed by atoms with E-state index < -0.39 is 6.10 Å². The molecule has 0 amide bonds. The van der Waals surface area contributed by atoms with Gasteiger partial charge in [-0.05, 0) is 12.5 Å². The molecule has 1 aromatic rings. The van der Waals surface area contributed by atoms with Crippen molar-refractivity contribution in [2.75, 3.05) is 6.61 Å². The highest BCUT2D eigenvalue weighted by Crippen LogP contribution is 2.33. The van der Waals surface area contributed by atoms with Crippen molar-refractivity contribution in [1.82, 2.24) is 0 Å². The molecule has 3 N–H and O–H groups in total. The smallest absolute Gasteiger partial charge is 0.127 e. The quantitative estimate of drug-likeness (QED) is 0.736. The average molecular weight is 193 g/mol. The Bertz CT molecular complexity index is 336. The zero-order valence-electron chi connectivity index (χ0n) is 8.23. The van der Waals surface area contributed by atoms with E-state index in [9.17, 15) is 5.11 Å². The Morgan fingerprint density at radius 2 is 2.29 bits per heavy atom. The van der Waals surface area contributed by atoms with Gasteiger partial charge < -0.3 is 15.6 Å². The van der Waals surface area contributed by atoms with Crippen LogP contribution in [0.4, 0.5) is 0 Å². The van der Waals surface area contributed by atoms with Crippen molar-refractivity contribution in [2.45, 2.75) is 25.5 Å². The molecular formula is C11H15NO2. The van der Waals surface area contributed by atoms with Gasteiger partial charge in [0.05, 0.1) is 18.8 Å². The highest BCUT2D eigenvalue weighted by molar-refractivity contribution is 5.45. The maximum absolute atomic E-state index is 9.43. The Kier molecular flexibility index (Phi) is 2.44. The summed E-state index contributed by atoms with van der Waals surface area (Å²) < 4.78 is 5.51. The van der Waals surface area contributed by atoms with E-state index in [0.717, 1.165) is 24.3 Å². The molecule has 0 aromatic heterocycles. The summed E-state index contributed by atoms with van der Waals surface area (Å²) in [6, 6.07) is 5.57. The monoisotopic (exact) mass is 193 g/mol. The molecule has 2 atom stereocenters. The van der Waals surface area contributed by atoms with Crippen molar-refractivity contribution < 1.29 is 9.84 Å². The molecule has 1 heterocycles. The summed E-state index contributed by atoms with van der Waals surface area (Å²) in [5.74, 6) is 0.876. The summed E-state index contributed by atoms with van der Waals surface area (Å²) in [4.78, 5) is 0. The maximum Gasteiger partial charge on any atom is 0.127 e. The highest BCUT2D eigenvalue weighted by atomic mass is 16.5. The van der Waals surface area contributed by atoms with Gasteiger partial charge in [0.25, 0.3) is 0 Å². The van der Waals surface area contributed by atoms with Gasteiger partial charge in [-0.1, -0.05) is 18.2 Å². The number of rotatable bonds is 2. The predicted octanol–water partition coefficient (Wildman–Crippen LogP) is 1.00. The van der Waals surface area contributed by atoms with Crippen molar-refractivity contribution >= 4 is 0 Å². The molecule has 14 heavy (non-hydrogen) atoms. The molecule has 1 aliphatic rings. The minimum atomic E-state index is -0.550. The van der Waals surface area contributed by atoms with E-state index in [1.807, 2.05) is 18.2 Å². The van der Waals surface area contributed by atoms with Crippen LogP contribution in [0.15, 0.2) is 18.2 Å². The minimum absolute atomic E-state index is 0.358. The Morgan fingerprint density at radius 1 is 1.50 bits per heavy atom. The summed E-state index contributed by atoms with van der Waals surface area (Å²) in [6.07, 6.45) is 0.390. The van der Waals surface area contributed by atoms with E-state index in [1.54, 1.807) is 6.92 Å². The number of aliphatic hydroxyl groups is 1. The Morgan fingerprint density at radius 3 is 3.00 bits per heavy atom. The number of hydrogen-bond acceptors (Lipinski definition) is 3. The zero-order chi connectivity index (χ0) is 10.1. The van der Waals surface area contributed by atoms with Crippen LogP contribution in [0.2, 0.25) is 0 Å². The fourth-order valence-electron chi connectivity index (χ4n) is 1.76. The first-order valence-electron chi connectivity index (χ1n) is 4.88. The lowest BCUT2D eigenvalue weighted by atomic mass is 9.99. The first kappa shape index (κ1) is 9.49. The molecule has 1 aromatic carbocycles. The molecule has 0 saturated heterocycles. The number of para-hydroxylation sites is 1. The van der Waals surface area contributed by atoms with Crippen molar-refractivity contribution in [3.8, 4) is 5.75 Å². The molecule has 0 spiro atoms. The number of fused-ring (bicyclic) bond motifs is 1. The second-order valence-corrected chi connectivity index (χ2v) is 3.70. The van der Waals surface area contributed by atoms with Crippen molar-refractivity contribution in [3.05, 3.63) is 29.3 Å². The molecule has 1 unspecified atom stereocenters. The van der Waals surface area contributed by atoms with E-state index in [-0.39, 0.29) is 6.04 Å². The molecule has 3 heteroatoms. The van der Waals surface area contributed by atoms with Gasteiger partial charge in [0.2, 0.25) is 0 Å². The Labute approximate surface area is 83.5 Å². The lowest BCUT2D eigenvalue weighted by Gasteiger charge is -2.17. The molecule has 2 rings (SSSR count). The summed E-state index contributed by atoms with van der Waals surface area (Å²) in [5, 5.41) is 9.43. The first-order valence-corrected chi connectivity index (χ1v) is 4.88. The summed E-state index contributed by atoms with van der Waals surface area (Å²) in [7, 11) is 0. The van der Waals surface area contributed by atoms with Crippen LogP contribution in [0.1, 0.15) is 24.1 Å². The lowest BCUT2D eigenvalue weighted by molar-refractivity contribution is 0.162. The van der Waals surface area contributed by atoms with Crippen molar-refractivity contribution in [1.29, 1.82) is 0 Å². The molecule has 1 aliphatic heterocycles. The lowest BCUT2D eigenvalue weighted by Crippen LogP contribution is -2.23. The predicted molar refractivity (Wildman–Crippen MR) is 54.3 cm³/mol. The molecule has 0 radical (unpaired) electrons. The van der Waals surface area contributed by atoms with Gasteiger partial charge in [-0.3, -0.25) is 0 Å². The van der Waals surface area contributed by atoms with Crippen molar-refractivity contribution in [2.24, 2.45) is 5.73 Å². The third-order valence-corrected chi connectivity index (χ3v) is 2.62. The van der Waals surface area contributed by atoms with Gasteiger partial charge in [-0.2, -0.15) is 0 Å². The van der Waals surface area contributed by atoms with Crippen LogP contribution in [0.5, 0.6) is 5.75 Å². The molecule has 0 aliphatic carbocycles. The molecule has 0 bridgehead atoms. The number of hydrogen-bond donors (Lipinski definition) is 2. The van der Waals surface area contributed by atoms with E-state index in [1.165, 1.54) is 5.56 Å². The number of nitrogens with two attached hydrogens (primary N) is 1. The topological polar surface area (TPSA) is 55.5 Å². The van der Waals surface area contributed by atoms with E-state index in [2.05, 4.69) is 0 Å². The number of ether oxygens (including phenoxy) is 1. The van der Waals surface area contributed by atoms with Crippen LogP contribution in [-0.2, 0) is 6.42 Å². The summed E-state index contributed by atoms with van der Waals surface area (Å²) in [5.41, 5.74) is 7.99. The molecule has 3 nitrogen and oxygen atoms in total. The third kappa shape index (κ3) is 1.49. The SMILES string of the molecule is CC(O)[C@@H](N)c1cccc2c1OCC2. The zero-order valence-corrected chi connectivity index (χ0v) is 8.23. The Hall–Kier alpha value is -1.06. The van der Waals surface area contributed by atoms with Gasteiger partial charge in [0.15, 0.2) is 0 Å². The fourth-order valence-corrected chi connectivity index (χ4v) is 1.76. The molecule has 0 fully saturated rings. The number of benzene rings is 1. The number of aliphatic hydroxyl groups excluding tert-OH is 1. The first-order chi connectivity index (χ1) is 6.70. The summed E-state index contributed by atoms with van der Waals surface area (Å²) in [6.45, 7) is 2.41. The second kappa shape index (κ2) is 3.59. The average Bonchev–Trinajstić information content (AvgIpc) is 2.63. The maximum atomic E-state index is 9.43. The van der Waals surface area contributed by atoms with Gasteiger partial charge in [-0.25, -0.2) is 0 Å². The molecule has 76 valence electrons. The van der Waals surface area contributed by atoms with E-state index in [0.29, 0.717) is 0 Å². The Balaban J connectivity index is 2.39. The van der Waals surface area contributed by atoms with Gasteiger partial charge >= 0.3 is 0 Å². The van der Waals surface area contributed by atoms with Crippen LogP contribution in [0, 0.1) is 0 Å². The molecule has 0 saturated carbocycles. The van der Waals surface area contributed by atoms with Crippen LogP contribution in [0.3, 0.4) is 0 Å². The van der Waals surface area contributed by atoms with Crippen molar-refractivity contribution in [3.63, 3.8) is 0 Å². The third-order valence-electron chi connectivity index (χ3n) is 2.62. The fraction of sp³-hybridized carbons (Fsp3) is 0.455. The normalized spacial score (nSPS) is 18.5. The van der Waals surface area contributed by atoms with Gasteiger partial charge in [-0.15, -0.1) is 0 Å². The minimum Gasteiger partial charge on any atom is -0.493 e. The van der Waals surface area contributed by atoms with Crippen LogP contribution >= 0.6 is 0 Å². The standard InChI is InChI=1S/C11H15NO2/c1-7(13)10(12)9-4-2-3-8-5-6-14-11(8)9/h2-4,7,10,13H,5-6,12H2,1H3/t7?,10-/m1/s1. The highest BCUT2D eigenvalue weighted by Gasteiger charge is 2.22. The van der Waals surface area contributed by atoms with Crippen LogP contribution in [0.25, 0.3) is 0 Å². The molecular weight excluding hydrogens is 178 g/mol. The second-order valence-electron chi connectivity index (χ2n) is 3.70. The van der Waals surface area contributed by atoms with E-state index >= 15 is 0 Å². The largest absolute Gasteiger partial charge is 0.493 e. The van der Waals surface area contributed by atoms with E-state index in [4.69, 9.17) is 10.5 Å². The van der Waals surface area contributed by atoms with Crippen LogP contribution < -0.4 is 10.5 Å². The summed E-state index contributed by atoms with van der Waals surface area (Å²) >= 11 is 0. The van der Waals surface area contributed by atoms with Crippen LogP contribution in [-0.4, -0.2) is 17.8 Å². The van der Waals surface area contributed by atoms with Gasteiger partial charge in [0, 0.05) is 12.0 Å².